The summed E-state index contributed by atoms with van der Waals surface area (Å²) in [5, 5.41) is 14.6. The van der Waals surface area contributed by atoms with Gasteiger partial charge in [0.1, 0.15) is 18.6 Å². The zero-order valence-electron chi connectivity index (χ0n) is 19.0. The van der Waals surface area contributed by atoms with E-state index in [9.17, 15) is 29.1 Å². The molecule has 0 aromatic heterocycles. The summed E-state index contributed by atoms with van der Waals surface area (Å²) in [7, 11) is 0. The topological polar surface area (TPSA) is 133 Å². The summed E-state index contributed by atoms with van der Waals surface area (Å²) in [5.41, 5.74) is 1.19. The van der Waals surface area contributed by atoms with Gasteiger partial charge in [0.05, 0.1) is 11.1 Å². The fourth-order valence-corrected chi connectivity index (χ4v) is 3.79. The minimum atomic E-state index is -1.20. The predicted molar refractivity (Wildman–Crippen MR) is 123 cm³/mol. The molecule has 1 heterocycles. The molecule has 2 atom stereocenters. The number of carboxylic acid groups (broad SMARTS) is 1. The third-order valence-corrected chi connectivity index (χ3v) is 5.44. The van der Waals surface area contributed by atoms with Gasteiger partial charge in [0.2, 0.25) is 11.8 Å². The van der Waals surface area contributed by atoms with E-state index < -0.39 is 48.2 Å². The number of hydrogen-bond acceptors (Lipinski definition) is 5. The van der Waals surface area contributed by atoms with Crippen molar-refractivity contribution < 1.29 is 29.1 Å². The Morgan fingerprint density at radius 2 is 1.41 bits per heavy atom. The average Bonchev–Trinajstić information content (AvgIpc) is 3.03. The van der Waals surface area contributed by atoms with Gasteiger partial charge in [-0.3, -0.25) is 24.1 Å². The second-order valence-electron chi connectivity index (χ2n) is 8.58. The lowest BCUT2D eigenvalue weighted by Crippen LogP contribution is -2.54. The van der Waals surface area contributed by atoms with Crippen LogP contribution in [-0.4, -0.2) is 58.2 Å². The van der Waals surface area contributed by atoms with E-state index in [0.29, 0.717) is 0 Å². The third-order valence-electron chi connectivity index (χ3n) is 5.44. The van der Waals surface area contributed by atoms with E-state index in [1.807, 2.05) is 13.8 Å². The minimum absolute atomic E-state index is 0.00718. The molecule has 0 aliphatic carbocycles. The van der Waals surface area contributed by atoms with Crippen LogP contribution in [0.4, 0.5) is 0 Å². The molecule has 3 rings (SSSR count). The van der Waals surface area contributed by atoms with Gasteiger partial charge < -0.3 is 15.7 Å². The van der Waals surface area contributed by atoms with Crippen molar-refractivity contribution in [3.05, 3.63) is 71.3 Å². The lowest BCUT2D eigenvalue weighted by Gasteiger charge is -2.24. The van der Waals surface area contributed by atoms with E-state index >= 15 is 0 Å². The number of carboxylic acids is 1. The van der Waals surface area contributed by atoms with Crippen LogP contribution in [-0.2, 0) is 20.8 Å². The van der Waals surface area contributed by atoms with Crippen molar-refractivity contribution in [3.8, 4) is 0 Å². The van der Waals surface area contributed by atoms with Crippen LogP contribution in [0.15, 0.2) is 54.6 Å². The summed E-state index contributed by atoms with van der Waals surface area (Å²) in [4.78, 5) is 63.2. The molecule has 1 aliphatic heterocycles. The van der Waals surface area contributed by atoms with Crippen molar-refractivity contribution in [2.24, 2.45) is 5.92 Å². The van der Waals surface area contributed by atoms with E-state index in [1.165, 1.54) is 12.1 Å². The monoisotopic (exact) mass is 465 g/mol. The Kier molecular flexibility index (Phi) is 7.78. The van der Waals surface area contributed by atoms with Gasteiger partial charge in [0.25, 0.3) is 11.8 Å². The Bertz CT molecular complexity index is 1060. The molecule has 1 aliphatic rings. The standard InChI is InChI=1S/C25H27N3O6/c1-15(2)12-19(22(30)27-20(25(33)34)13-16-8-4-3-5-9-16)26-21(29)14-28-23(31)17-10-6-7-11-18(17)24(28)32/h3-11,15,19-20H,12-14H2,1-2H3,(H,26,29)(H,27,30)(H,33,34)/t19-,20-/m0/s1. The van der Waals surface area contributed by atoms with E-state index in [1.54, 1.807) is 42.5 Å². The van der Waals surface area contributed by atoms with Gasteiger partial charge in [0, 0.05) is 6.42 Å². The van der Waals surface area contributed by atoms with Crippen molar-refractivity contribution in [3.63, 3.8) is 0 Å². The first-order chi connectivity index (χ1) is 16.2. The van der Waals surface area contributed by atoms with Crippen LogP contribution in [0.25, 0.3) is 0 Å². The number of rotatable bonds is 10. The highest BCUT2D eigenvalue weighted by Gasteiger charge is 2.37. The van der Waals surface area contributed by atoms with Gasteiger partial charge in [-0.1, -0.05) is 56.3 Å². The van der Waals surface area contributed by atoms with Crippen LogP contribution >= 0.6 is 0 Å². The van der Waals surface area contributed by atoms with Crippen LogP contribution in [0.1, 0.15) is 46.5 Å². The maximum Gasteiger partial charge on any atom is 0.326 e. The SMILES string of the molecule is CC(C)C[C@H](NC(=O)CN1C(=O)c2ccccc2C1=O)C(=O)N[C@@H](Cc1ccccc1)C(=O)O. The molecule has 0 saturated heterocycles. The first-order valence-electron chi connectivity index (χ1n) is 11.0. The predicted octanol–water partition coefficient (Wildman–Crippen LogP) is 1.63. The molecule has 0 spiro atoms. The minimum Gasteiger partial charge on any atom is -0.480 e. The Labute approximate surface area is 197 Å². The number of benzene rings is 2. The number of aliphatic carboxylic acids is 1. The fraction of sp³-hybridized carbons (Fsp3) is 0.320. The number of amides is 4. The average molecular weight is 466 g/mol. The largest absolute Gasteiger partial charge is 0.480 e. The molecule has 178 valence electrons. The van der Waals surface area contributed by atoms with E-state index in [4.69, 9.17) is 0 Å². The highest BCUT2D eigenvalue weighted by Crippen LogP contribution is 2.22. The summed E-state index contributed by atoms with van der Waals surface area (Å²) in [6.45, 7) is 3.17. The van der Waals surface area contributed by atoms with Gasteiger partial charge in [-0.15, -0.1) is 0 Å². The molecule has 9 nitrogen and oxygen atoms in total. The maximum absolute atomic E-state index is 12.9. The number of hydrogen-bond donors (Lipinski definition) is 3. The number of nitrogens with one attached hydrogen (secondary N) is 2. The highest BCUT2D eigenvalue weighted by atomic mass is 16.4. The molecular formula is C25H27N3O6. The second-order valence-corrected chi connectivity index (χ2v) is 8.58. The first-order valence-corrected chi connectivity index (χ1v) is 11.0. The van der Waals surface area contributed by atoms with Crippen LogP contribution in [0, 0.1) is 5.92 Å². The molecule has 2 aromatic carbocycles. The molecule has 0 bridgehead atoms. The summed E-state index contributed by atoms with van der Waals surface area (Å²) in [6, 6.07) is 13.0. The molecule has 34 heavy (non-hydrogen) atoms. The van der Waals surface area contributed by atoms with Crippen LogP contribution in [0.5, 0.6) is 0 Å². The van der Waals surface area contributed by atoms with E-state index in [2.05, 4.69) is 10.6 Å². The van der Waals surface area contributed by atoms with E-state index in [-0.39, 0.29) is 29.9 Å². The van der Waals surface area contributed by atoms with Gasteiger partial charge in [-0.2, -0.15) is 0 Å². The smallest absolute Gasteiger partial charge is 0.326 e. The summed E-state index contributed by atoms with van der Waals surface area (Å²) in [5.74, 6) is -3.67. The van der Waals surface area contributed by atoms with Crippen LogP contribution < -0.4 is 10.6 Å². The highest BCUT2D eigenvalue weighted by molar-refractivity contribution is 6.22. The third kappa shape index (κ3) is 5.86. The fourth-order valence-electron chi connectivity index (χ4n) is 3.79. The lowest BCUT2D eigenvalue weighted by atomic mass is 10.0. The molecule has 0 radical (unpaired) electrons. The van der Waals surface area contributed by atoms with Crippen LogP contribution in [0.3, 0.4) is 0 Å². The van der Waals surface area contributed by atoms with Gasteiger partial charge >= 0.3 is 5.97 Å². The Morgan fingerprint density at radius 1 is 0.853 bits per heavy atom. The molecule has 2 aromatic rings. The molecule has 9 heteroatoms. The van der Waals surface area contributed by atoms with Gasteiger partial charge in [-0.05, 0) is 30.0 Å². The molecule has 0 saturated carbocycles. The summed E-state index contributed by atoms with van der Waals surface area (Å²) in [6.07, 6.45) is 0.330. The zero-order chi connectivity index (χ0) is 24.8. The van der Waals surface area contributed by atoms with Crippen molar-refractivity contribution in [2.75, 3.05) is 6.54 Å². The molecule has 0 unspecified atom stereocenters. The number of imide groups is 1. The maximum atomic E-state index is 12.9. The summed E-state index contributed by atoms with van der Waals surface area (Å²) >= 11 is 0. The number of carbonyl (C=O) groups excluding carboxylic acids is 4. The van der Waals surface area contributed by atoms with Gasteiger partial charge in [-0.25, -0.2) is 4.79 Å². The van der Waals surface area contributed by atoms with Crippen molar-refractivity contribution >= 4 is 29.6 Å². The van der Waals surface area contributed by atoms with Crippen molar-refractivity contribution in [1.82, 2.24) is 15.5 Å². The number of fused-ring (bicyclic) bond motifs is 1. The molecule has 3 N–H and O–H groups in total. The number of nitrogens with zero attached hydrogens (tertiary/aromatic N) is 1. The van der Waals surface area contributed by atoms with Crippen LogP contribution in [0.2, 0.25) is 0 Å². The normalized spacial score (nSPS) is 14.5. The molecule has 0 fully saturated rings. The zero-order valence-corrected chi connectivity index (χ0v) is 19.0. The molecular weight excluding hydrogens is 438 g/mol. The van der Waals surface area contributed by atoms with Crippen molar-refractivity contribution in [1.29, 1.82) is 0 Å². The second kappa shape index (κ2) is 10.7. The Balaban J connectivity index is 1.67. The summed E-state index contributed by atoms with van der Waals surface area (Å²) < 4.78 is 0. The van der Waals surface area contributed by atoms with Gasteiger partial charge in [0.15, 0.2) is 0 Å². The quantitative estimate of drug-likeness (QED) is 0.457. The van der Waals surface area contributed by atoms with E-state index in [0.717, 1.165) is 10.5 Å². The Hall–Kier alpha value is -4.01. The Morgan fingerprint density at radius 3 is 1.94 bits per heavy atom. The van der Waals surface area contributed by atoms with Crippen molar-refractivity contribution in [2.45, 2.75) is 38.8 Å². The lowest BCUT2D eigenvalue weighted by molar-refractivity contribution is -0.142. The molecule has 4 amide bonds. The first kappa shape index (κ1) is 24.6. The number of carbonyl (C=O) groups is 5.